The first kappa shape index (κ1) is 13.1. The third kappa shape index (κ3) is 4.17. The molecule has 0 saturated heterocycles. The van der Waals surface area contributed by atoms with Gasteiger partial charge in [0.2, 0.25) is 0 Å². The van der Waals surface area contributed by atoms with E-state index in [4.69, 9.17) is 0 Å². The van der Waals surface area contributed by atoms with E-state index in [9.17, 15) is 0 Å². The summed E-state index contributed by atoms with van der Waals surface area (Å²) in [5.41, 5.74) is 0. The molecule has 0 N–H and O–H groups in total. The second-order valence-electron chi connectivity index (χ2n) is 6.40. The normalized spacial score (nSPS) is 39.8. The van der Waals surface area contributed by atoms with Crippen molar-refractivity contribution in [3.63, 3.8) is 0 Å². The van der Waals surface area contributed by atoms with Crippen molar-refractivity contribution in [2.75, 3.05) is 0 Å². The van der Waals surface area contributed by atoms with Crippen molar-refractivity contribution in [2.24, 2.45) is 29.6 Å². The Morgan fingerprint density at radius 3 is 2.20 bits per heavy atom. The summed E-state index contributed by atoms with van der Waals surface area (Å²) in [4.78, 5) is 0. The Morgan fingerprint density at radius 1 is 1.00 bits per heavy atom. The predicted octanol–water partition coefficient (Wildman–Crippen LogP) is 5.13. The number of hydrogen-bond donors (Lipinski definition) is 0. The van der Waals surface area contributed by atoms with Crippen LogP contribution in [0.3, 0.4) is 0 Å². The highest BCUT2D eigenvalue weighted by Gasteiger charge is 2.27. The Kier molecular flexibility index (Phi) is 5.15. The zero-order valence-electron chi connectivity index (χ0n) is 11.4. The summed E-state index contributed by atoms with van der Waals surface area (Å²) in [6, 6.07) is 0. The van der Waals surface area contributed by atoms with Crippen molar-refractivity contribution < 1.29 is 0 Å². The molecule has 1 saturated carbocycles. The van der Waals surface area contributed by atoms with Crippen LogP contribution in [0, 0.1) is 29.6 Å². The zero-order chi connectivity index (χ0) is 11.4. The minimum atomic E-state index is 0.929. The molecule has 1 fully saturated rings. The summed E-state index contributed by atoms with van der Waals surface area (Å²) < 4.78 is 0. The summed E-state index contributed by atoms with van der Waals surface area (Å²) in [5, 5.41) is 0. The lowest BCUT2D eigenvalue weighted by Gasteiger charge is -2.25. The van der Waals surface area contributed by atoms with Gasteiger partial charge in [-0.2, -0.15) is 0 Å². The maximum Gasteiger partial charge on any atom is -0.0383 e. The molecular weight excluding hydrogens is 180 g/mol. The van der Waals surface area contributed by atoms with E-state index < -0.39 is 0 Å². The summed E-state index contributed by atoms with van der Waals surface area (Å²) in [6.45, 7) is 12.1. The van der Waals surface area contributed by atoms with Crippen LogP contribution >= 0.6 is 0 Å². The van der Waals surface area contributed by atoms with Gasteiger partial charge in [-0.1, -0.05) is 41.0 Å². The molecule has 90 valence electrons. The van der Waals surface area contributed by atoms with Crippen molar-refractivity contribution in [3.05, 3.63) is 0 Å². The van der Waals surface area contributed by atoms with Gasteiger partial charge in [-0.15, -0.1) is 0 Å². The minimum Gasteiger partial charge on any atom is -0.0651 e. The lowest BCUT2D eigenvalue weighted by molar-refractivity contribution is 0.251. The number of hydrogen-bond acceptors (Lipinski definition) is 0. The third-order valence-electron chi connectivity index (χ3n) is 4.49. The van der Waals surface area contributed by atoms with Crippen molar-refractivity contribution in [2.45, 2.75) is 66.7 Å². The molecule has 0 heteroatoms. The van der Waals surface area contributed by atoms with Crippen LogP contribution in [0.15, 0.2) is 0 Å². The zero-order valence-corrected chi connectivity index (χ0v) is 11.4. The highest BCUT2D eigenvalue weighted by molar-refractivity contribution is 4.78. The molecule has 0 nitrogen and oxygen atoms in total. The van der Waals surface area contributed by atoms with Crippen LogP contribution in [-0.4, -0.2) is 0 Å². The van der Waals surface area contributed by atoms with Crippen LogP contribution in [0.5, 0.6) is 0 Å². The molecule has 5 unspecified atom stereocenters. The first-order chi connectivity index (χ1) is 7.02. The van der Waals surface area contributed by atoms with E-state index in [0.717, 1.165) is 29.6 Å². The lowest BCUT2D eigenvalue weighted by atomic mass is 9.80. The average molecular weight is 210 g/mol. The quantitative estimate of drug-likeness (QED) is 0.566. The molecule has 1 rings (SSSR count). The second kappa shape index (κ2) is 5.92. The molecule has 15 heavy (non-hydrogen) atoms. The Balaban J connectivity index is 2.53. The average Bonchev–Trinajstić information content (AvgIpc) is 2.25. The lowest BCUT2D eigenvalue weighted by Crippen LogP contribution is -2.15. The van der Waals surface area contributed by atoms with Gasteiger partial charge in [-0.25, -0.2) is 0 Å². The van der Waals surface area contributed by atoms with Crippen LogP contribution in [0.1, 0.15) is 66.7 Å². The molecule has 0 radical (unpaired) electrons. The summed E-state index contributed by atoms with van der Waals surface area (Å²) in [5.74, 6) is 4.80. The van der Waals surface area contributed by atoms with E-state index in [1.165, 1.54) is 32.1 Å². The van der Waals surface area contributed by atoms with Crippen molar-refractivity contribution >= 4 is 0 Å². The maximum atomic E-state index is 2.49. The first-order valence-corrected chi connectivity index (χ1v) is 7.02. The molecule has 0 aromatic rings. The fourth-order valence-electron chi connectivity index (χ4n) is 3.47. The van der Waals surface area contributed by atoms with Gasteiger partial charge in [0.15, 0.2) is 0 Å². The van der Waals surface area contributed by atoms with Gasteiger partial charge < -0.3 is 0 Å². The number of rotatable bonds is 3. The van der Waals surface area contributed by atoms with Gasteiger partial charge in [0, 0.05) is 0 Å². The molecule has 1 aliphatic carbocycles. The van der Waals surface area contributed by atoms with Gasteiger partial charge in [-0.05, 0) is 55.3 Å². The van der Waals surface area contributed by atoms with Crippen LogP contribution in [0.4, 0.5) is 0 Å². The van der Waals surface area contributed by atoms with Gasteiger partial charge in [0.05, 0.1) is 0 Å². The summed E-state index contributed by atoms with van der Waals surface area (Å²) in [7, 11) is 0. The third-order valence-corrected chi connectivity index (χ3v) is 4.49. The molecule has 5 atom stereocenters. The van der Waals surface area contributed by atoms with E-state index in [2.05, 4.69) is 34.6 Å². The molecule has 0 heterocycles. The Hall–Kier alpha value is 0. The minimum absolute atomic E-state index is 0.929. The van der Waals surface area contributed by atoms with Gasteiger partial charge in [0.1, 0.15) is 0 Å². The first-order valence-electron chi connectivity index (χ1n) is 7.02. The van der Waals surface area contributed by atoms with Crippen LogP contribution in [-0.2, 0) is 0 Å². The standard InChI is InChI=1S/C15H30/c1-6-11(2)9-15-10-13(4)7-12(3)8-14(15)5/h11-15H,6-10H2,1-5H3. The molecule has 0 amide bonds. The molecule has 1 aliphatic rings. The van der Waals surface area contributed by atoms with E-state index in [0.29, 0.717) is 0 Å². The van der Waals surface area contributed by atoms with E-state index >= 15 is 0 Å². The maximum absolute atomic E-state index is 2.49. The van der Waals surface area contributed by atoms with Crippen molar-refractivity contribution in [3.8, 4) is 0 Å². The fourth-order valence-corrected chi connectivity index (χ4v) is 3.47. The van der Waals surface area contributed by atoms with Crippen molar-refractivity contribution in [1.82, 2.24) is 0 Å². The van der Waals surface area contributed by atoms with E-state index in [1.54, 1.807) is 0 Å². The molecule has 0 aromatic carbocycles. The highest BCUT2D eigenvalue weighted by Crippen LogP contribution is 2.38. The SMILES string of the molecule is CCC(C)CC1CC(C)CC(C)CC1C. The second-order valence-corrected chi connectivity index (χ2v) is 6.40. The Morgan fingerprint density at radius 2 is 1.60 bits per heavy atom. The van der Waals surface area contributed by atoms with Crippen LogP contribution in [0.25, 0.3) is 0 Å². The van der Waals surface area contributed by atoms with E-state index in [-0.39, 0.29) is 0 Å². The van der Waals surface area contributed by atoms with Crippen LogP contribution < -0.4 is 0 Å². The molecular formula is C15H30. The van der Waals surface area contributed by atoms with Crippen molar-refractivity contribution in [1.29, 1.82) is 0 Å². The topological polar surface area (TPSA) is 0 Å². The Labute approximate surface area is 96.8 Å². The predicted molar refractivity (Wildman–Crippen MR) is 68.9 cm³/mol. The fraction of sp³-hybridized carbons (Fsp3) is 1.00. The van der Waals surface area contributed by atoms with Crippen LogP contribution in [0.2, 0.25) is 0 Å². The smallest absolute Gasteiger partial charge is 0.0383 e. The molecule has 0 spiro atoms. The molecule has 0 aromatic heterocycles. The highest BCUT2D eigenvalue weighted by atomic mass is 14.3. The van der Waals surface area contributed by atoms with Gasteiger partial charge >= 0.3 is 0 Å². The van der Waals surface area contributed by atoms with Gasteiger partial charge in [0.25, 0.3) is 0 Å². The monoisotopic (exact) mass is 210 g/mol. The summed E-state index contributed by atoms with van der Waals surface area (Å²) in [6.07, 6.45) is 7.23. The largest absolute Gasteiger partial charge is 0.0651 e. The molecule has 0 bridgehead atoms. The summed E-state index contributed by atoms with van der Waals surface area (Å²) >= 11 is 0. The Bertz CT molecular complexity index is 171. The van der Waals surface area contributed by atoms with Gasteiger partial charge in [-0.3, -0.25) is 0 Å². The molecule has 0 aliphatic heterocycles. The van der Waals surface area contributed by atoms with E-state index in [1.807, 2.05) is 0 Å².